The normalized spacial score (nSPS) is 22.7. The van der Waals surface area contributed by atoms with Gasteiger partial charge in [0.25, 0.3) is 0 Å². The van der Waals surface area contributed by atoms with E-state index in [-0.39, 0.29) is 5.60 Å². The maximum Gasteiger partial charge on any atom is 0.231 e. The van der Waals surface area contributed by atoms with E-state index in [1.165, 1.54) is 5.56 Å². The zero-order valence-corrected chi connectivity index (χ0v) is 13.5. The molecule has 0 saturated carbocycles. The smallest absolute Gasteiger partial charge is 0.231 e. The van der Waals surface area contributed by atoms with E-state index in [2.05, 4.69) is 30.5 Å². The summed E-state index contributed by atoms with van der Waals surface area (Å²) in [7, 11) is 0. The highest BCUT2D eigenvalue weighted by Crippen LogP contribution is 2.32. The van der Waals surface area contributed by atoms with E-state index >= 15 is 0 Å². The van der Waals surface area contributed by atoms with Gasteiger partial charge in [-0.25, -0.2) is 0 Å². The lowest BCUT2D eigenvalue weighted by atomic mass is 9.94. The minimum absolute atomic E-state index is 0.00975. The van der Waals surface area contributed by atoms with E-state index in [0.29, 0.717) is 12.8 Å². The van der Waals surface area contributed by atoms with Crippen LogP contribution in [-0.4, -0.2) is 38.1 Å². The molecule has 1 aromatic rings. The molecule has 122 valence electrons. The molecule has 0 spiro atoms. The van der Waals surface area contributed by atoms with Gasteiger partial charge in [0.15, 0.2) is 11.5 Å². The molecule has 0 aliphatic carbocycles. The van der Waals surface area contributed by atoms with E-state index in [0.717, 1.165) is 50.6 Å². The van der Waals surface area contributed by atoms with Crippen LogP contribution in [0.1, 0.15) is 32.3 Å². The third-order valence-electron chi connectivity index (χ3n) is 4.20. The molecule has 1 aromatic carbocycles. The van der Waals surface area contributed by atoms with Crippen LogP contribution >= 0.6 is 0 Å². The Morgan fingerprint density at radius 1 is 1.18 bits per heavy atom. The first-order valence-electron chi connectivity index (χ1n) is 8.09. The molecule has 2 heterocycles. The minimum Gasteiger partial charge on any atom is -0.454 e. The summed E-state index contributed by atoms with van der Waals surface area (Å²) >= 11 is 0. The van der Waals surface area contributed by atoms with Crippen LogP contribution in [0.25, 0.3) is 0 Å². The Kier molecular flexibility index (Phi) is 4.86. The van der Waals surface area contributed by atoms with Crippen molar-refractivity contribution in [3.05, 3.63) is 23.8 Å². The molecule has 0 aromatic heterocycles. The molecule has 5 nitrogen and oxygen atoms in total. The summed E-state index contributed by atoms with van der Waals surface area (Å²) in [4.78, 5) is 0. The Balaban J connectivity index is 1.34. The summed E-state index contributed by atoms with van der Waals surface area (Å²) in [5.41, 5.74) is 1.23. The van der Waals surface area contributed by atoms with E-state index < -0.39 is 0 Å². The van der Waals surface area contributed by atoms with Crippen molar-refractivity contribution in [3.63, 3.8) is 0 Å². The van der Waals surface area contributed by atoms with Gasteiger partial charge in [-0.2, -0.15) is 0 Å². The van der Waals surface area contributed by atoms with Gasteiger partial charge in [0.2, 0.25) is 6.79 Å². The highest BCUT2D eigenvalue weighted by molar-refractivity contribution is 5.44. The molecule has 0 amide bonds. The van der Waals surface area contributed by atoms with Gasteiger partial charge in [0.1, 0.15) is 0 Å². The maximum absolute atomic E-state index is 5.74. The number of rotatable bonds is 6. The lowest BCUT2D eigenvalue weighted by Gasteiger charge is -2.36. The molecule has 0 unspecified atom stereocenters. The number of hydrogen-bond acceptors (Lipinski definition) is 5. The van der Waals surface area contributed by atoms with Crippen LogP contribution in [0.5, 0.6) is 11.5 Å². The molecule has 2 aliphatic heterocycles. The number of nitrogens with one attached hydrogen (secondary N) is 2. The summed E-state index contributed by atoms with van der Waals surface area (Å²) < 4.78 is 16.4. The molecule has 22 heavy (non-hydrogen) atoms. The second-order valence-corrected chi connectivity index (χ2v) is 6.62. The topological polar surface area (TPSA) is 51.8 Å². The van der Waals surface area contributed by atoms with Crippen LogP contribution in [0.2, 0.25) is 0 Å². The average Bonchev–Trinajstić information content (AvgIpc) is 2.93. The fourth-order valence-electron chi connectivity index (χ4n) is 3.05. The zero-order valence-electron chi connectivity index (χ0n) is 13.5. The van der Waals surface area contributed by atoms with Crippen LogP contribution in [-0.2, 0) is 11.3 Å². The van der Waals surface area contributed by atoms with Crippen LogP contribution < -0.4 is 20.1 Å². The van der Waals surface area contributed by atoms with Crippen molar-refractivity contribution < 1.29 is 14.2 Å². The van der Waals surface area contributed by atoms with Crippen molar-refractivity contribution in [2.24, 2.45) is 0 Å². The molecule has 3 rings (SSSR count). The number of benzene rings is 1. The van der Waals surface area contributed by atoms with Gasteiger partial charge in [0, 0.05) is 32.3 Å². The first-order valence-corrected chi connectivity index (χ1v) is 8.09. The fraction of sp³-hybridized carbons (Fsp3) is 0.647. The highest BCUT2D eigenvalue weighted by atomic mass is 16.7. The van der Waals surface area contributed by atoms with Gasteiger partial charge in [-0.3, -0.25) is 0 Å². The Bertz CT molecular complexity index is 505. The first kappa shape index (κ1) is 15.6. The Morgan fingerprint density at radius 3 is 2.91 bits per heavy atom. The molecule has 5 heteroatoms. The van der Waals surface area contributed by atoms with E-state index in [4.69, 9.17) is 14.2 Å². The molecule has 2 aliphatic rings. The monoisotopic (exact) mass is 306 g/mol. The van der Waals surface area contributed by atoms with E-state index in [1.54, 1.807) is 0 Å². The summed E-state index contributed by atoms with van der Waals surface area (Å²) in [6.45, 7) is 8.29. The van der Waals surface area contributed by atoms with Crippen LogP contribution in [0.15, 0.2) is 18.2 Å². The van der Waals surface area contributed by atoms with Crippen molar-refractivity contribution in [2.45, 2.75) is 44.9 Å². The van der Waals surface area contributed by atoms with Crippen LogP contribution in [0.4, 0.5) is 0 Å². The van der Waals surface area contributed by atoms with Crippen molar-refractivity contribution in [1.82, 2.24) is 10.6 Å². The standard InChI is InChI=1S/C17H26N2O3/c1-17(2)10-14(5-8-22-17)19-7-6-18-11-13-3-4-15-16(9-13)21-12-20-15/h3-4,9,14,18-19H,5-8,10-12H2,1-2H3/t14-/m0/s1. The fourth-order valence-corrected chi connectivity index (χ4v) is 3.05. The second kappa shape index (κ2) is 6.86. The Labute approximate surface area is 132 Å². The zero-order chi connectivity index (χ0) is 15.4. The van der Waals surface area contributed by atoms with Crippen LogP contribution in [0, 0.1) is 0 Å². The lowest BCUT2D eigenvalue weighted by Crippen LogP contribution is -2.45. The van der Waals surface area contributed by atoms with Gasteiger partial charge in [-0.1, -0.05) is 6.07 Å². The van der Waals surface area contributed by atoms with Gasteiger partial charge in [0.05, 0.1) is 5.60 Å². The van der Waals surface area contributed by atoms with Gasteiger partial charge in [-0.05, 0) is 44.4 Å². The Hall–Kier alpha value is -1.30. The molecule has 1 atom stereocenters. The molecular formula is C17H26N2O3. The van der Waals surface area contributed by atoms with Gasteiger partial charge < -0.3 is 24.8 Å². The third-order valence-corrected chi connectivity index (χ3v) is 4.20. The predicted octanol–water partition coefficient (Wildman–Crippen LogP) is 2.05. The largest absolute Gasteiger partial charge is 0.454 e. The third kappa shape index (κ3) is 4.12. The molecule has 1 saturated heterocycles. The lowest BCUT2D eigenvalue weighted by molar-refractivity contribution is -0.0627. The van der Waals surface area contributed by atoms with Gasteiger partial charge >= 0.3 is 0 Å². The summed E-state index contributed by atoms with van der Waals surface area (Å²) in [6, 6.07) is 6.66. The molecule has 2 N–H and O–H groups in total. The quantitative estimate of drug-likeness (QED) is 0.788. The molecule has 0 radical (unpaired) electrons. The Morgan fingerprint density at radius 2 is 2.05 bits per heavy atom. The molecule has 1 fully saturated rings. The molecular weight excluding hydrogens is 280 g/mol. The maximum atomic E-state index is 5.74. The van der Waals surface area contributed by atoms with Crippen molar-refractivity contribution in [3.8, 4) is 11.5 Å². The first-order chi connectivity index (χ1) is 10.6. The molecule has 0 bridgehead atoms. The van der Waals surface area contributed by atoms with E-state index in [9.17, 15) is 0 Å². The minimum atomic E-state index is 0.00975. The van der Waals surface area contributed by atoms with Crippen molar-refractivity contribution in [2.75, 3.05) is 26.5 Å². The number of hydrogen-bond donors (Lipinski definition) is 2. The van der Waals surface area contributed by atoms with Crippen molar-refractivity contribution in [1.29, 1.82) is 0 Å². The van der Waals surface area contributed by atoms with Gasteiger partial charge in [-0.15, -0.1) is 0 Å². The highest BCUT2D eigenvalue weighted by Gasteiger charge is 2.28. The van der Waals surface area contributed by atoms with E-state index in [1.807, 2.05) is 12.1 Å². The van der Waals surface area contributed by atoms with Crippen molar-refractivity contribution >= 4 is 0 Å². The second-order valence-electron chi connectivity index (χ2n) is 6.62. The number of fused-ring (bicyclic) bond motifs is 1. The van der Waals surface area contributed by atoms with Crippen LogP contribution in [0.3, 0.4) is 0 Å². The average molecular weight is 306 g/mol. The number of ether oxygens (including phenoxy) is 3. The predicted molar refractivity (Wildman–Crippen MR) is 85.3 cm³/mol. The summed E-state index contributed by atoms with van der Waals surface area (Å²) in [5, 5.41) is 7.08. The summed E-state index contributed by atoms with van der Waals surface area (Å²) in [6.07, 6.45) is 2.18. The summed E-state index contributed by atoms with van der Waals surface area (Å²) in [5.74, 6) is 1.69. The SMILES string of the molecule is CC1(C)C[C@@H](NCCNCc2ccc3c(c2)OCO3)CCO1.